The third-order valence-electron chi connectivity index (χ3n) is 9.41. The Hall–Kier alpha value is -2.68. The van der Waals surface area contributed by atoms with Crippen molar-refractivity contribution in [1.82, 2.24) is 0 Å². The molecule has 0 aromatic rings. The van der Waals surface area contributed by atoms with Crippen LogP contribution in [0.15, 0.2) is 119 Å². The van der Waals surface area contributed by atoms with Crippen LogP contribution in [0.3, 0.4) is 0 Å². The van der Waals surface area contributed by atoms with Gasteiger partial charge in [0.2, 0.25) is 0 Å². The van der Waals surface area contributed by atoms with Gasteiger partial charge in [-0.15, -0.1) is 0 Å². The average molecular weight is 569 g/mol. The standard InChI is InChI=1S/C40H56O2/c1-30(18-13-20-32(3)23-24-36-34(5)22-15-26-37(36,6)7)16-11-12-17-31(2)19-14-21-33(4)25-27-40-38(8,9)28-35(41)29-39(40,10)42-40/h11-14,16-21,23-25,27,35,41H,15,22,26,28-29H2,1-10H3/b12-11+,18-13+,19-14+,24-23+,27-25+,30-16+,31-17+,32-20+,33-21+/t35-,39-,40+/m0/s1. The van der Waals surface area contributed by atoms with Crippen molar-refractivity contribution >= 4 is 0 Å². The predicted octanol–water partition coefficient (Wildman–Crippen LogP) is 10.8. The number of fused-ring (bicyclic) bond motifs is 1. The van der Waals surface area contributed by atoms with Gasteiger partial charge in [0.25, 0.3) is 0 Å². The van der Waals surface area contributed by atoms with E-state index in [1.165, 1.54) is 52.7 Å². The summed E-state index contributed by atoms with van der Waals surface area (Å²) in [6, 6.07) is 0. The number of allylic oxidation sites excluding steroid dienone is 19. The molecule has 0 aromatic heterocycles. The van der Waals surface area contributed by atoms with Crippen LogP contribution in [0.4, 0.5) is 0 Å². The summed E-state index contributed by atoms with van der Waals surface area (Å²) >= 11 is 0. The molecule has 2 aliphatic carbocycles. The maximum atomic E-state index is 10.2. The van der Waals surface area contributed by atoms with Crippen molar-refractivity contribution < 1.29 is 9.84 Å². The van der Waals surface area contributed by atoms with E-state index in [1.807, 2.05) is 0 Å². The number of rotatable bonds is 10. The summed E-state index contributed by atoms with van der Waals surface area (Å²) in [4.78, 5) is 0. The Morgan fingerprint density at radius 1 is 0.738 bits per heavy atom. The topological polar surface area (TPSA) is 32.8 Å². The second-order valence-corrected chi connectivity index (χ2v) is 14.4. The van der Waals surface area contributed by atoms with Gasteiger partial charge in [-0.3, -0.25) is 0 Å². The molecule has 0 aromatic carbocycles. The van der Waals surface area contributed by atoms with Crippen LogP contribution >= 0.6 is 0 Å². The van der Waals surface area contributed by atoms with Gasteiger partial charge in [-0.25, -0.2) is 0 Å². The zero-order valence-electron chi connectivity index (χ0n) is 28.1. The van der Waals surface area contributed by atoms with Gasteiger partial charge >= 0.3 is 0 Å². The van der Waals surface area contributed by atoms with Crippen LogP contribution in [0.1, 0.15) is 101 Å². The summed E-state index contributed by atoms with van der Waals surface area (Å²) in [7, 11) is 0. The van der Waals surface area contributed by atoms with Crippen LogP contribution in [-0.4, -0.2) is 22.4 Å². The maximum absolute atomic E-state index is 10.2. The Labute approximate surface area is 257 Å². The molecular weight excluding hydrogens is 512 g/mol. The zero-order valence-corrected chi connectivity index (χ0v) is 28.1. The molecule has 3 rings (SSSR count). The Bertz CT molecular complexity index is 1300. The molecule has 0 amide bonds. The van der Waals surface area contributed by atoms with E-state index < -0.39 is 0 Å². The molecule has 2 nitrogen and oxygen atoms in total. The quantitative estimate of drug-likeness (QED) is 0.210. The zero-order chi connectivity index (χ0) is 31.2. The number of hydrogen-bond donors (Lipinski definition) is 1. The molecule has 0 bridgehead atoms. The van der Waals surface area contributed by atoms with Crippen molar-refractivity contribution in [3.8, 4) is 0 Å². The summed E-state index contributed by atoms with van der Waals surface area (Å²) in [5.41, 5.74) is 7.55. The molecule has 3 aliphatic rings. The summed E-state index contributed by atoms with van der Waals surface area (Å²) in [5, 5.41) is 10.2. The molecule has 0 spiro atoms. The smallest absolute Gasteiger partial charge is 0.121 e. The second kappa shape index (κ2) is 13.7. The minimum Gasteiger partial charge on any atom is -0.393 e. The first kappa shape index (κ1) is 33.8. The van der Waals surface area contributed by atoms with Crippen LogP contribution in [-0.2, 0) is 4.74 Å². The SMILES string of the molecule is CC1=C(/C=C/C(C)=C/C=C/C(C)=C/C=C/C=C(C)/C=C/C=C(C)/C=C/[C@]23O[C@@]2(C)C[C@@H](O)CC3(C)C)C(C)(C)CCC1. The molecule has 2 fully saturated rings. The van der Waals surface area contributed by atoms with E-state index in [0.29, 0.717) is 6.42 Å². The Balaban J connectivity index is 1.49. The third-order valence-corrected chi connectivity index (χ3v) is 9.41. The van der Waals surface area contributed by atoms with Gasteiger partial charge < -0.3 is 9.84 Å². The van der Waals surface area contributed by atoms with E-state index in [0.717, 1.165) is 6.42 Å². The third kappa shape index (κ3) is 8.45. The van der Waals surface area contributed by atoms with Gasteiger partial charge in [-0.2, -0.15) is 0 Å². The van der Waals surface area contributed by atoms with Crippen molar-refractivity contribution in [3.63, 3.8) is 0 Å². The fourth-order valence-corrected chi connectivity index (χ4v) is 6.89. The lowest BCUT2D eigenvalue weighted by Crippen LogP contribution is -2.46. The highest BCUT2D eigenvalue weighted by atomic mass is 16.6. The molecular formula is C40H56O2. The normalized spacial score (nSPS) is 31.0. The van der Waals surface area contributed by atoms with E-state index in [-0.39, 0.29) is 28.1 Å². The molecule has 0 radical (unpaired) electrons. The molecule has 1 aliphatic heterocycles. The maximum Gasteiger partial charge on any atom is 0.121 e. The lowest BCUT2D eigenvalue weighted by molar-refractivity contribution is 0.0515. The van der Waals surface area contributed by atoms with Crippen molar-refractivity contribution in [2.75, 3.05) is 0 Å². The van der Waals surface area contributed by atoms with E-state index in [1.54, 1.807) is 0 Å². The number of epoxide rings is 1. The number of hydrogen-bond acceptors (Lipinski definition) is 2. The van der Waals surface area contributed by atoms with Crippen molar-refractivity contribution in [2.24, 2.45) is 10.8 Å². The van der Waals surface area contributed by atoms with Crippen LogP contribution in [0.25, 0.3) is 0 Å². The average Bonchev–Trinajstić information content (AvgIpc) is 3.50. The minimum atomic E-state index is -0.283. The molecule has 1 saturated carbocycles. The Morgan fingerprint density at radius 3 is 1.81 bits per heavy atom. The molecule has 1 saturated heterocycles. The molecule has 2 heteroatoms. The highest BCUT2D eigenvalue weighted by Crippen LogP contribution is 2.66. The molecule has 228 valence electrons. The number of aliphatic hydroxyl groups is 1. The van der Waals surface area contributed by atoms with Crippen molar-refractivity contribution in [3.05, 3.63) is 119 Å². The second-order valence-electron chi connectivity index (χ2n) is 14.4. The number of aliphatic hydroxyl groups excluding tert-OH is 1. The highest BCUT2D eigenvalue weighted by molar-refractivity contribution is 5.38. The largest absolute Gasteiger partial charge is 0.393 e. The molecule has 3 atom stereocenters. The summed E-state index contributed by atoms with van der Waals surface area (Å²) in [5.74, 6) is 0. The van der Waals surface area contributed by atoms with Gasteiger partial charge in [-0.1, -0.05) is 135 Å². The first-order chi connectivity index (χ1) is 19.6. The van der Waals surface area contributed by atoms with Crippen LogP contribution in [0.5, 0.6) is 0 Å². The van der Waals surface area contributed by atoms with Gasteiger partial charge in [0.05, 0.1) is 6.10 Å². The van der Waals surface area contributed by atoms with E-state index in [2.05, 4.69) is 154 Å². The fraction of sp³-hybridized carbons (Fsp3) is 0.500. The summed E-state index contributed by atoms with van der Waals surface area (Å²) < 4.78 is 6.25. The summed E-state index contributed by atoms with van der Waals surface area (Å²) in [6.45, 7) is 22.1. The van der Waals surface area contributed by atoms with Crippen molar-refractivity contribution in [1.29, 1.82) is 0 Å². The van der Waals surface area contributed by atoms with Gasteiger partial charge in [0, 0.05) is 11.8 Å². The lowest BCUT2D eigenvalue weighted by atomic mass is 9.63. The monoisotopic (exact) mass is 568 g/mol. The molecule has 1 heterocycles. The van der Waals surface area contributed by atoms with E-state index >= 15 is 0 Å². The van der Waals surface area contributed by atoms with Crippen LogP contribution in [0.2, 0.25) is 0 Å². The highest BCUT2D eigenvalue weighted by Gasteiger charge is 2.74. The minimum absolute atomic E-state index is 0.0868. The summed E-state index contributed by atoms with van der Waals surface area (Å²) in [6.07, 6.45) is 35.2. The Morgan fingerprint density at radius 2 is 1.26 bits per heavy atom. The van der Waals surface area contributed by atoms with Gasteiger partial charge in [0.1, 0.15) is 11.2 Å². The first-order valence-corrected chi connectivity index (χ1v) is 15.8. The molecule has 42 heavy (non-hydrogen) atoms. The van der Waals surface area contributed by atoms with Crippen LogP contribution in [0, 0.1) is 10.8 Å². The van der Waals surface area contributed by atoms with Crippen molar-refractivity contribution in [2.45, 2.75) is 119 Å². The fourth-order valence-electron chi connectivity index (χ4n) is 6.89. The van der Waals surface area contributed by atoms with Gasteiger partial charge in [-0.05, 0) is 84.3 Å². The molecule has 0 unspecified atom stereocenters. The first-order valence-electron chi connectivity index (χ1n) is 15.8. The van der Waals surface area contributed by atoms with E-state index in [9.17, 15) is 5.11 Å². The van der Waals surface area contributed by atoms with E-state index in [4.69, 9.17) is 4.74 Å². The lowest BCUT2D eigenvalue weighted by Gasteiger charge is -2.39. The molecule has 1 N–H and O–H groups in total. The number of ether oxygens (including phenoxy) is 1. The predicted molar refractivity (Wildman–Crippen MR) is 182 cm³/mol. The van der Waals surface area contributed by atoms with Gasteiger partial charge in [0.15, 0.2) is 0 Å². The van der Waals surface area contributed by atoms with Crippen LogP contribution < -0.4 is 0 Å². The Kier molecular flexibility index (Phi) is 11.1.